The first-order chi connectivity index (χ1) is 10.8. The maximum atomic E-state index is 12.0. The first-order valence-electron chi connectivity index (χ1n) is 7.48. The maximum absolute atomic E-state index is 12.0. The average molecular weight is 301 g/mol. The van der Waals surface area contributed by atoms with E-state index in [1.54, 1.807) is 0 Å². The number of rotatable bonds is 6. The summed E-state index contributed by atoms with van der Waals surface area (Å²) in [5, 5.41) is 16.8. The Kier molecular flexibility index (Phi) is 4.43. The Morgan fingerprint density at radius 2 is 2.14 bits per heavy atom. The number of tetrazole rings is 1. The van der Waals surface area contributed by atoms with Crippen LogP contribution in [0, 0.1) is 5.92 Å². The molecule has 0 saturated heterocycles. The van der Waals surface area contributed by atoms with Crippen LogP contribution in [0.2, 0.25) is 0 Å². The smallest absolute Gasteiger partial charge is 0.223 e. The molecule has 2 N–H and O–H groups in total. The molecule has 0 aliphatic heterocycles. The van der Waals surface area contributed by atoms with Gasteiger partial charge in [0.15, 0.2) is 0 Å². The number of H-pyrrole nitrogens is 1. The first-order valence-corrected chi connectivity index (χ1v) is 7.48. The molecule has 0 spiro atoms. The van der Waals surface area contributed by atoms with E-state index in [0.717, 1.165) is 24.0 Å². The number of carbonyl (C=O) groups is 1. The van der Waals surface area contributed by atoms with Crippen molar-refractivity contribution in [3.05, 3.63) is 29.8 Å². The van der Waals surface area contributed by atoms with E-state index >= 15 is 0 Å². The standard InChI is InChI=1S/C15H19N5O2/c1-2-22-13-7-12(8-13)15(21)16-9-10-3-5-11(6-4-10)14-17-19-20-18-14/h3-6,12-13H,2,7-9H2,1H3,(H,16,21)(H,17,18,19,20). The predicted octanol–water partition coefficient (Wildman–Crippen LogP) is 1.30. The molecule has 7 nitrogen and oxygen atoms in total. The van der Waals surface area contributed by atoms with Crippen LogP contribution in [0.1, 0.15) is 25.3 Å². The van der Waals surface area contributed by atoms with Gasteiger partial charge in [-0.1, -0.05) is 24.3 Å². The minimum Gasteiger partial charge on any atom is -0.378 e. The molecule has 0 bridgehead atoms. The second kappa shape index (κ2) is 6.65. The molecule has 0 unspecified atom stereocenters. The Balaban J connectivity index is 1.47. The van der Waals surface area contributed by atoms with Gasteiger partial charge in [-0.2, -0.15) is 5.21 Å². The fourth-order valence-corrected chi connectivity index (χ4v) is 2.54. The number of amides is 1. The summed E-state index contributed by atoms with van der Waals surface area (Å²) in [6.45, 7) is 3.22. The number of ether oxygens (including phenoxy) is 1. The van der Waals surface area contributed by atoms with Gasteiger partial charge in [-0.15, -0.1) is 10.2 Å². The van der Waals surface area contributed by atoms with E-state index in [-0.39, 0.29) is 17.9 Å². The van der Waals surface area contributed by atoms with Crippen LogP contribution in [0.25, 0.3) is 11.4 Å². The highest BCUT2D eigenvalue weighted by Crippen LogP contribution is 2.30. The molecule has 1 aliphatic rings. The number of benzene rings is 1. The van der Waals surface area contributed by atoms with E-state index < -0.39 is 0 Å². The number of carbonyl (C=O) groups excluding carboxylic acids is 1. The van der Waals surface area contributed by atoms with Crippen LogP contribution in [-0.4, -0.2) is 39.2 Å². The molecule has 116 valence electrons. The van der Waals surface area contributed by atoms with Crippen molar-refractivity contribution in [1.82, 2.24) is 25.9 Å². The normalized spacial score (nSPS) is 20.4. The lowest BCUT2D eigenvalue weighted by molar-refractivity contribution is -0.133. The van der Waals surface area contributed by atoms with Crippen LogP contribution in [0.15, 0.2) is 24.3 Å². The van der Waals surface area contributed by atoms with Gasteiger partial charge < -0.3 is 10.1 Å². The van der Waals surface area contributed by atoms with Gasteiger partial charge in [0, 0.05) is 24.6 Å². The number of nitrogens with one attached hydrogen (secondary N) is 2. The van der Waals surface area contributed by atoms with Crippen LogP contribution >= 0.6 is 0 Å². The number of hydrogen-bond acceptors (Lipinski definition) is 5. The molecular formula is C15H19N5O2. The highest BCUT2D eigenvalue weighted by Gasteiger charge is 2.34. The van der Waals surface area contributed by atoms with Crippen molar-refractivity contribution in [2.75, 3.05) is 6.61 Å². The zero-order chi connectivity index (χ0) is 15.4. The van der Waals surface area contributed by atoms with Crippen molar-refractivity contribution in [2.45, 2.75) is 32.4 Å². The zero-order valence-electron chi connectivity index (χ0n) is 12.5. The average Bonchev–Trinajstić information content (AvgIpc) is 3.03. The quantitative estimate of drug-likeness (QED) is 0.839. The SMILES string of the molecule is CCOC1CC(C(=O)NCc2ccc(-c3nn[nH]n3)cc2)C1. The van der Waals surface area contributed by atoms with Crippen molar-refractivity contribution in [1.29, 1.82) is 0 Å². The van der Waals surface area contributed by atoms with Crippen LogP contribution < -0.4 is 5.32 Å². The molecule has 0 atom stereocenters. The molecule has 1 amide bonds. The number of nitrogens with zero attached hydrogens (tertiary/aromatic N) is 3. The van der Waals surface area contributed by atoms with E-state index in [4.69, 9.17) is 4.74 Å². The number of hydrogen-bond donors (Lipinski definition) is 2. The summed E-state index contributed by atoms with van der Waals surface area (Å²) in [5.41, 5.74) is 1.93. The van der Waals surface area contributed by atoms with Crippen LogP contribution in [0.3, 0.4) is 0 Å². The van der Waals surface area contributed by atoms with Crippen LogP contribution in [0.4, 0.5) is 0 Å². The molecule has 1 aromatic heterocycles. The highest BCUT2D eigenvalue weighted by molar-refractivity contribution is 5.79. The molecule has 1 saturated carbocycles. The second-order valence-corrected chi connectivity index (χ2v) is 5.40. The fraction of sp³-hybridized carbons (Fsp3) is 0.467. The Bertz CT molecular complexity index is 605. The lowest BCUT2D eigenvalue weighted by Crippen LogP contribution is -2.42. The highest BCUT2D eigenvalue weighted by atomic mass is 16.5. The van der Waals surface area contributed by atoms with Crippen molar-refractivity contribution >= 4 is 5.91 Å². The van der Waals surface area contributed by atoms with Gasteiger partial charge in [0.25, 0.3) is 0 Å². The monoisotopic (exact) mass is 301 g/mol. The van der Waals surface area contributed by atoms with Crippen LogP contribution in [-0.2, 0) is 16.1 Å². The third kappa shape index (κ3) is 3.30. The number of aromatic nitrogens is 4. The number of aromatic amines is 1. The molecule has 2 aromatic rings. The van der Waals surface area contributed by atoms with Gasteiger partial charge in [-0.05, 0) is 30.5 Å². The molecule has 1 aliphatic carbocycles. The summed E-state index contributed by atoms with van der Waals surface area (Å²) in [4.78, 5) is 12.0. The summed E-state index contributed by atoms with van der Waals surface area (Å²) >= 11 is 0. The van der Waals surface area contributed by atoms with E-state index in [9.17, 15) is 4.79 Å². The zero-order valence-corrected chi connectivity index (χ0v) is 12.5. The van der Waals surface area contributed by atoms with Crippen LogP contribution in [0.5, 0.6) is 0 Å². The largest absolute Gasteiger partial charge is 0.378 e. The molecule has 1 heterocycles. The summed E-state index contributed by atoms with van der Waals surface area (Å²) in [6, 6.07) is 7.74. The Morgan fingerprint density at radius 1 is 1.36 bits per heavy atom. The van der Waals surface area contributed by atoms with Gasteiger partial charge in [-0.3, -0.25) is 4.79 Å². The van der Waals surface area contributed by atoms with E-state index in [0.29, 0.717) is 19.0 Å². The van der Waals surface area contributed by atoms with Crippen molar-refractivity contribution < 1.29 is 9.53 Å². The van der Waals surface area contributed by atoms with Gasteiger partial charge in [0.1, 0.15) is 0 Å². The third-order valence-electron chi connectivity index (χ3n) is 3.89. The summed E-state index contributed by atoms with van der Waals surface area (Å²) in [7, 11) is 0. The minimum absolute atomic E-state index is 0.0927. The van der Waals surface area contributed by atoms with E-state index in [2.05, 4.69) is 25.9 Å². The van der Waals surface area contributed by atoms with Gasteiger partial charge in [0.05, 0.1) is 6.10 Å². The molecule has 0 radical (unpaired) electrons. The van der Waals surface area contributed by atoms with E-state index in [1.807, 2.05) is 31.2 Å². The molecule has 3 rings (SSSR count). The van der Waals surface area contributed by atoms with Crippen molar-refractivity contribution in [3.8, 4) is 11.4 Å². The maximum Gasteiger partial charge on any atom is 0.223 e. The predicted molar refractivity (Wildman–Crippen MR) is 79.6 cm³/mol. The van der Waals surface area contributed by atoms with Crippen molar-refractivity contribution in [2.24, 2.45) is 5.92 Å². The fourth-order valence-electron chi connectivity index (χ4n) is 2.54. The van der Waals surface area contributed by atoms with Gasteiger partial charge in [0.2, 0.25) is 11.7 Å². The van der Waals surface area contributed by atoms with Gasteiger partial charge in [-0.25, -0.2) is 0 Å². The Labute approximate surface area is 128 Å². The molecular weight excluding hydrogens is 282 g/mol. The molecule has 1 aromatic carbocycles. The molecule has 7 heteroatoms. The second-order valence-electron chi connectivity index (χ2n) is 5.40. The Hall–Kier alpha value is -2.28. The third-order valence-corrected chi connectivity index (χ3v) is 3.89. The molecule has 22 heavy (non-hydrogen) atoms. The minimum atomic E-state index is 0.0927. The summed E-state index contributed by atoms with van der Waals surface area (Å²) < 4.78 is 5.47. The molecule has 1 fully saturated rings. The van der Waals surface area contributed by atoms with Crippen molar-refractivity contribution in [3.63, 3.8) is 0 Å². The van der Waals surface area contributed by atoms with E-state index in [1.165, 1.54) is 0 Å². The summed E-state index contributed by atoms with van der Waals surface area (Å²) in [5.74, 6) is 0.764. The lowest BCUT2D eigenvalue weighted by atomic mass is 9.81. The Morgan fingerprint density at radius 3 is 2.77 bits per heavy atom. The first kappa shape index (κ1) is 14.6. The van der Waals surface area contributed by atoms with Gasteiger partial charge >= 0.3 is 0 Å². The lowest BCUT2D eigenvalue weighted by Gasteiger charge is -2.33. The summed E-state index contributed by atoms with van der Waals surface area (Å²) in [6.07, 6.45) is 1.92. The topological polar surface area (TPSA) is 92.8 Å².